The maximum Gasteiger partial charge on any atom is 0.337 e. The van der Waals surface area contributed by atoms with E-state index in [4.69, 9.17) is 4.74 Å². The highest BCUT2D eigenvalue weighted by atomic mass is 32.2. The van der Waals surface area contributed by atoms with Gasteiger partial charge in [-0.25, -0.2) is 4.79 Å². The minimum atomic E-state index is -0.511. The smallest absolute Gasteiger partial charge is 0.337 e. The Hall–Kier alpha value is -4.11. The van der Waals surface area contributed by atoms with Gasteiger partial charge in [-0.15, -0.1) is 0 Å². The molecule has 0 saturated carbocycles. The molecule has 0 aliphatic carbocycles. The lowest BCUT2D eigenvalue weighted by molar-refractivity contribution is -0.127. The van der Waals surface area contributed by atoms with Crippen LogP contribution in [0.2, 0.25) is 0 Å². The average molecular weight is 518 g/mol. The number of hydrogen-bond donors (Lipinski definition) is 1. The summed E-state index contributed by atoms with van der Waals surface area (Å²) in [7, 11) is 1.34. The van der Waals surface area contributed by atoms with Crippen molar-refractivity contribution in [1.82, 2.24) is 9.47 Å². The second-order valence-corrected chi connectivity index (χ2v) is 9.83. The number of anilines is 1. The zero-order valence-corrected chi connectivity index (χ0v) is 22.1. The van der Waals surface area contributed by atoms with Crippen molar-refractivity contribution in [3.8, 4) is 5.69 Å². The van der Waals surface area contributed by atoms with Gasteiger partial charge in [0.25, 0.3) is 11.1 Å². The molecule has 37 heavy (non-hydrogen) atoms. The third kappa shape index (κ3) is 5.36. The van der Waals surface area contributed by atoms with Crippen molar-refractivity contribution in [2.75, 3.05) is 19.0 Å². The van der Waals surface area contributed by atoms with Gasteiger partial charge in [0.1, 0.15) is 6.54 Å². The van der Waals surface area contributed by atoms with Crippen LogP contribution < -0.4 is 5.32 Å². The van der Waals surface area contributed by atoms with Crippen molar-refractivity contribution < 1.29 is 23.9 Å². The molecule has 1 aliphatic rings. The van der Waals surface area contributed by atoms with Crippen molar-refractivity contribution in [1.29, 1.82) is 0 Å². The zero-order chi connectivity index (χ0) is 26.9. The molecule has 1 fully saturated rings. The van der Waals surface area contributed by atoms with E-state index >= 15 is 0 Å². The van der Waals surface area contributed by atoms with E-state index in [2.05, 4.69) is 5.32 Å². The van der Waals surface area contributed by atoms with Gasteiger partial charge in [0, 0.05) is 22.8 Å². The highest BCUT2D eigenvalue weighted by Crippen LogP contribution is 2.34. The molecule has 1 aliphatic heterocycles. The maximum atomic E-state index is 13.0. The number of hydrogen-bond acceptors (Lipinski definition) is 6. The molecular formula is C28H27N3O5S. The summed E-state index contributed by atoms with van der Waals surface area (Å²) in [4.78, 5) is 51.4. The number of methoxy groups -OCH3 is 1. The standard InChI is InChI=1S/C28H27N3O5S/c1-16-7-6-8-22(11-16)29-25(32)15-30-26(33)24(37-28(30)35)14-21-12-18(3)31(19(21)4)23-13-20(27(34)36-5)10-9-17(23)2/h6-14H,15H2,1-5H3,(H,29,32)/b24-14-. The summed E-state index contributed by atoms with van der Waals surface area (Å²) in [6.07, 6.45) is 1.67. The number of rotatable bonds is 6. The number of carbonyl (C=O) groups excluding carboxylic acids is 4. The van der Waals surface area contributed by atoms with Crippen LogP contribution in [0.5, 0.6) is 0 Å². The number of carbonyl (C=O) groups is 4. The molecule has 3 amide bonds. The molecule has 0 unspecified atom stereocenters. The normalized spacial score (nSPS) is 14.4. The number of amides is 3. The van der Waals surface area contributed by atoms with E-state index in [0.29, 0.717) is 11.3 Å². The molecule has 0 bridgehead atoms. The molecule has 190 valence electrons. The van der Waals surface area contributed by atoms with Gasteiger partial charge in [-0.05, 0) is 92.6 Å². The van der Waals surface area contributed by atoms with E-state index in [1.165, 1.54) is 7.11 Å². The van der Waals surface area contributed by atoms with E-state index < -0.39 is 23.0 Å². The van der Waals surface area contributed by atoms with E-state index in [1.54, 1.807) is 24.3 Å². The molecule has 1 aromatic heterocycles. The van der Waals surface area contributed by atoms with Crippen LogP contribution in [-0.2, 0) is 14.3 Å². The van der Waals surface area contributed by atoms with Gasteiger partial charge in [0.15, 0.2) is 0 Å². The first-order valence-corrected chi connectivity index (χ1v) is 12.4. The zero-order valence-electron chi connectivity index (χ0n) is 21.2. The number of imide groups is 1. The third-order valence-corrected chi connectivity index (χ3v) is 7.01. The minimum absolute atomic E-state index is 0.244. The highest BCUT2D eigenvalue weighted by molar-refractivity contribution is 8.18. The molecule has 2 heterocycles. The molecule has 0 radical (unpaired) electrons. The van der Waals surface area contributed by atoms with Crippen molar-refractivity contribution in [2.45, 2.75) is 27.7 Å². The van der Waals surface area contributed by atoms with Crippen molar-refractivity contribution >= 4 is 46.5 Å². The lowest BCUT2D eigenvalue weighted by atomic mass is 10.1. The number of aryl methyl sites for hydroxylation is 3. The van der Waals surface area contributed by atoms with Gasteiger partial charge in [0.05, 0.1) is 17.6 Å². The fourth-order valence-corrected chi connectivity index (χ4v) is 5.07. The number of benzene rings is 2. The average Bonchev–Trinajstić information content (AvgIpc) is 3.27. The Bertz CT molecular complexity index is 1470. The first-order valence-electron chi connectivity index (χ1n) is 11.6. The van der Waals surface area contributed by atoms with Gasteiger partial charge in [-0.3, -0.25) is 19.3 Å². The Balaban J connectivity index is 1.57. The number of ether oxygens (including phenoxy) is 1. The largest absolute Gasteiger partial charge is 0.465 e. The number of nitrogens with zero attached hydrogens (tertiary/aromatic N) is 2. The topological polar surface area (TPSA) is 97.7 Å². The quantitative estimate of drug-likeness (QED) is 0.358. The van der Waals surface area contributed by atoms with Crippen LogP contribution in [0.25, 0.3) is 11.8 Å². The molecule has 9 heteroatoms. The minimum Gasteiger partial charge on any atom is -0.465 e. The Morgan fingerprint density at radius 1 is 1.03 bits per heavy atom. The number of thioether (sulfide) groups is 1. The van der Waals surface area contributed by atoms with Gasteiger partial charge >= 0.3 is 5.97 Å². The maximum absolute atomic E-state index is 13.0. The van der Waals surface area contributed by atoms with Gasteiger partial charge in [-0.2, -0.15) is 0 Å². The second kappa shape index (κ2) is 10.5. The lowest BCUT2D eigenvalue weighted by Crippen LogP contribution is -2.36. The molecule has 1 saturated heterocycles. The van der Waals surface area contributed by atoms with Crippen LogP contribution in [0.4, 0.5) is 10.5 Å². The SMILES string of the molecule is COC(=O)c1ccc(C)c(-n2c(C)cc(/C=C3\SC(=O)N(CC(=O)Nc4cccc(C)c4)C3=O)c2C)c1. The summed E-state index contributed by atoms with van der Waals surface area (Å²) in [6.45, 7) is 7.32. The molecule has 3 aromatic rings. The van der Waals surface area contributed by atoms with Crippen molar-refractivity contribution in [3.63, 3.8) is 0 Å². The van der Waals surface area contributed by atoms with Gasteiger partial charge < -0.3 is 14.6 Å². The van der Waals surface area contributed by atoms with Crippen molar-refractivity contribution in [3.05, 3.63) is 87.1 Å². The summed E-state index contributed by atoms with van der Waals surface area (Å²) in [5.74, 6) is -1.39. The predicted octanol–water partition coefficient (Wildman–Crippen LogP) is 5.17. The van der Waals surface area contributed by atoms with E-state index in [9.17, 15) is 19.2 Å². The molecule has 0 spiro atoms. The Labute approximate surface area is 219 Å². The van der Waals surface area contributed by atoms with Crippen LogP contribution in [0.1, 0.15) is 38.4 Å². The fraction of sp³-hybridized carbons (Fsp3) is 0.214. The first-order chi connectivity index (χ1) is 17.6. The monoisotopic (exact) mass is 517 g/mol. The molecule has 4 rings (SSSR count). The Morgan fingerprint density at radius 2 is 1.78 bits per heavy atom. The summed E-state index contributed by atoms with van der Waals surface area (Å²) in [5, 5.41) is 2.23. The molecule has 8 nitrogen and oxygen atoms in total. The molecule has 1 N–H and O–H groups in total. The second-order valence-electron chi connectivity index (χ2n) is 8.84. The Kier molecular flexibility index (Phi) is 7.35. The van der Waals surface area contributed by atoms with Crippen LogP contribution in [0.15, 0.2) is 53.4 Å². The van der Waals surface area contributed by atoms with Gasteiger partial charge in [0.2, 0.25) is 5.91 Å². The van der Waals surface area contributed by atoms with E-state index in [0.717, 1.165) is 50.4 Å². The van der Waals surface area contributed by atoms with Crippen LogP contribution in [0.3, 0.4) is 0 Å². The van der Waals surface area contributed by atoms with Crippen LogP contribution in [-0.4, -0.2) is 46.1 Å². The summed E-state index contributed by atoms with van der Waals surface area (Å²) in [5.41, 5.74) is 6.29. The molecule has 2 aromatic carbocycles. The molecular weight excluding hydrogens is 490 g/mol. The van der Waals surface area contributed by atoms with E-state index in [-0.39, 0.29) is 11.4 Å². The number of esters is 1. The highest BCUT2D eigenvalue weighted by Gasteiger charge is 2.36. The van der Waals surface area contributed by atoms with Crippen LogP contribution >= 0.6 is 11.8 Å². The summed E-state index contributed by atoms with van der Waals surface area (Å²) in [6, 6.07) is 14.5. The van der Waals surface area contributed by atoms with E-state index in [1.807, 2.05) is 62.6 Å². The lowest BCUT2D eigenvalue weighted by Gasteiger charge is -2.14. The predicted molar refractivity (Wildman–Crippen MR) is 144 cm³/mol. The Morgan fingerprint density at radius 3 is 2.49 bits per heavy atom. The third-order valence-electron chi connectivity index (χ3n) is 6.11. The number of nitrogens with one attached hydrogen (secondary N) is 1. The summed E-state index contributed by atoms with van der Waals surface area (Å²) >= 11 is 0.808. The first kappa shape index (κ1) is 26.0. The van der Waals surface area contributed by atoms with Crippen LogP contribution in [0, 0.1) is 27.7 Å². The van der Waals surface area contributed by atoms with Crippen molar-refractivity contribution in [2.24, 2.45) is 0 Å². The molecule has 0 atom stereocenters. The van der Waals surface area contributed by atoms with Gasteiger partial charge in [-0.1, -0.05) is 18.2 Å². The fourth-order valence-electron chi connectivity index (χ4n) is 4.24. The summed E-state index contributed by atoms with van der Waals surface area (Å²) < 4.78 is 6.85. The number of aromatic nitrogens is 1.